The molecule has 0 saturated heterocycles. The summed E-state index contributed by atoms with van der Waals surface area (Å²) < 4.78 is 20.6. The Morgan fingerprint density at radius 1 is 0.742 bits per heavy atom. The quantitative estimate of drug-likeness (QED) is 0.129. The van der Waals surface area contributed by atoms with E-state index in [9.17, 15) is 9.59 Å². The molecule has 0 atom stereocenters. The lowest BCUT2D eigenvalue weighted by molar-refractivity contribution is -0.138. The van der Waals surface area contributed by atoms with Crippen LogP contribution in [0.25, 0.3) is 0 Å². The van der Waals surface area contributed by atoms with E-state index in [0.29, 0.717) is 23.9 Å². The lowest BCUT2D eigenvalue weighted by atomic mass is 10.1. The van der Waals surface area contributed by atoms with E-state index in [4.69, 9.17) is 18.9 Å². The van der Waals surface area contributed by atoms with Crippen molar-refractivity contribution in [2.45, 2.75) is 77.6 Å². The average molecular weight is 435 g/mol. The first-order valence-corrected chi connectivity index (χ1v) is 11.4. The molecule has 31 heavy (non-hydrogen) atoms. The fourth-order valence-electron chi connectivity index (χ4n) is 3.15. The molecule has 0 unspecified atom stereocenters. The normalized spacial score (nSPS) is 10.8. The van der Waals surface area contributed by atoms with Gasteiger partial charge in [0.05, 0.1) is 20.8 Å². The highest BCUT2D eigenvalue weighted by Crippen LogP contribution is 2.30. The molecule has 0 bridgehead atoms. The molecular formula is C25H38O6. The summed E-state index contributed by atoms with van der Waals surface area (Å²) in [7, 11) is 3.02. The molecule has 0 heterocycles. The maximum absolute atomic E-state index is 11.9. The Morgan fingerprint density at radius 2 is 1.29 bits per heavy atom. The number of carbonyl (C=O) groups excluding carboxylic acids is 2. The molecule has 1 aromatic rings. The van der Waals surface area contributed by atoms with Crippen LogP contribution in [0.15, 0.2) is 30.4 Å². The van der Waals surface area contributed by atoms with E-state index in [1.54, 1.807) is 12.1 Å². The van der Waals surface area contributed by atoms with Gasteiger partial charge in [-0.05, 0) is 18.6 Å². The molecule has 6 nitrogen and oxygen atoms in total. The number of methoxy groups -OCH3 is 2. The fourth-order valence-corrected chi connectivity index (χ4v) is 3.15. The van der Waals surface area contributed by atoms with Crippen LogP contribution in [0.1, 0.15) is 77.6 Å². The fraction of sp³-hybridized carbons (Fsp3) is 0.600. The summed E-state index contributed by atoms with van der Waals surface area (Å²) in [5, 5.41) is 0. The smallest absolute Gasteiger partial charge is 0.336 e. The number of rotatable bonds is 17. The molecule has 1 rings (SSSR count). The van der Waals surface area contributed by atoms with Gasteiger partial charge in [-0.2, -0.15) is 0 Å². The summed E-state index contributed by atoms with van der Waals surface area (Å²) in [6.45, 7) is 2.61. The highest BCUT2D eigenvalue weighted by atomic mass is 16.5. The van der Waals surface area contributed by atoms with E-state index in [0.717, 1.165) is 25.0 Å². The van der Waals surface area contributed by atoms with Gasteiger partial charge in [-0.25, -0.2) is 9.59 Å². The largest absolute Gasteiger partial charge is 0.493 e. The molecule has 0 radical (unpaired) electrons. The van der Waals surface area contributed by atoms with Gasteiger partial charge in [-0.3, -0.25) is 0 Å². The van der Waals surface area contributed by atoms with Crippen LogP contribution >= 0.6 is 0 Å². The van der Waals surface area contributed by atoms with Crippen LogP contribution in [0.3, 0.4) is 0 Å². The van der Waals surface area contributed by atoms with Crippen molar-refractivity contribution < 1.29 is 28.5 Å². The predicted octanol–water partition coefficient (Wildman–Crippen LogP) is 6.02. The Balaban J connectivity index is 2.11. The molecule has 0 aliphatic rings. The Labute approximate surface area is 186 Å². The van der Waals surface area contributed by atoms with Crippen molar-refractivity contribution in [1.82, 2.24) is 0 Å². The average Bonchev–Trinajstić information content (AvgIpc) is 2.78. The van der Waals surface area contributed by atoms with Crippen LogP contribution in [0.5, 0.6) is 17.2 Å². The summed E-state index contributed by atoms with van der Waals surface area (Å²) >= 11 is 0. The summed E-state index contributed by atoms with van der Waals surface area (Å²) in [6.07, 6.45) is 15.8. The zero-order chi connectivity index (χ0) is 22.7. The molecule has 0 spiro atoms. The van der Waals surface area contributed by atoms with E-state index >= 15 is 0 Å². The monoisotopic (exact) mass is 434 g/mol. The van der Waals surface area contributed by atoms with E-state index in [1.807, 2.05) is 0 Å². The number of hydrogen-bond donors (Lipinski definition) is 0. The van der Waals surface area contributed by atoms with Gasteiger partial charge in [0.2, 0.25) is 0 Å². The van der Waals surface area contributed by atoms with Crippen molar-refractivity contribution in [3.05, 3.63) is 30.4 Å². The first kappa shape index (κ1) is 26.5. The molecular weight excluding hydrogens is 396 g/mol. The van der Waals surface area contributed by atoms with Gasteiger partial charge in [0.1, 0.15) is 5.75 Å². The van der Waals surface area contributed by atoms with Crippen LogP contribution in [0.2, 0.25) is 0 Å². The van der Waals surface area contributed by atoms with E-state index in [1.165, 1.54) is 78.1 Å². The summed E-state index contributed by atoms with van der Waals surface area (Å²) in [6, 6.07) is 4.75. The zero-order valence-corrected chi connectivity index (χ0v) is 19.3. The number of hydrogen-bond acceptors (Lipinski definition) is 6. The van der Waals surface area contributed by atoms with Crippen LogP contribution < -0.4 is 14.2 Å². The van der Waals surface area contributed by atoms with Crippen molar-refractivity contribution in [2.24, 2.45) is 0 Å². The third-order valence-electron chi connectivity index (χ3n) is 4.92. The third-order valence-corrected chi connectivity index (χ3v) is 4.92. The topological polar surface area (TPSA) is 71.1 Å². The number of benzene rings is 1. The van der Waals surface area contributed by atoms with Crippen molar-refractivity contribution in [2.75, 3.05) is 20.8 Å². The van der Waals surface area contributed by atoms with Crippen molar-refractivity contribution >= 4 is 11.9 Å². The molecule has 0 N–H and O–H groups in total. The molecule has 0 amide bonds. The van der Waals surface area contributed by atoms with Crippen LogP contribution in [-0.4, -0.2) is 32.8 Å². The second-order valence-corrected chi connectivity index (χ2v) is 7.47. The second kappa shape index (κ2) is 17.2. The van der Waals surface area contributed by atoms with Gasteiger partial charge in [0, 0.05) is 18.2 Å². The zero-order valence-electron chi connectivity index (χ0n) is 19.3. The molecule has 1 aromatic carbocycles. The first-order chi connectivity index (χ1) is 15.1. The molecule has 0 aromatic heterocycles. The lowest BCUT2D eigenvalue weighted by Gasteiger charge is -2.08. The van der Waals surface area contributed by atoms with Gasteiger partial charge in [0.15, 0.2) is 11.5 Å². The third kappa shape index (κ3) is 12.7. The van der Waals surface area contributed by atoms with Crippen LogP contribution in [-0.2, 0) is 14.3 Å². The predicted molar refractivity (Wildman–Crippen MR) is 122 cm³/mol. The molecule has 0 aliphatic heterocycles. The minimum absolute atomic E-state index is 0.293. The summed E-state index contributed by atoms with van der Waals surface area (Å²) in [5.41, 5.74) is 0. The maximum Gasteiger partial charge on any atom is 0.336 e. The second-order valence-electron chi connectivity index (χ2n) is 7.47. The van der Waals surface area contributed by atoms with E-state index in [2.05, 4.69) is 6.92 Å². The van der Waals surface area contributed by atoms with Crippen LogP contribution in [0, 0.1) is 0 Å². The number of ether oxygens (including phenoxy) is 4. The summed E-state index contributed by atoms with van der Waals surface area (Å²) in [5.74, 6) is 0.0591. The minimum Gasteiger partial charge on any atom is -0.493 e. The van der Waals surface area contributed by atoms with Gasteiger partial charge in [-0.15, -0.1) is 0 Å². The van der Waals surface area contributed by atoms with Crippen molar-refractivity contribution in [1.29, 1.82) is 0 Å². The molecule has 0 fully saturated rings. The van der Waals surface area contributed by atoms with Crippen molar-refractivity contribution in [3.8, 4) is 17.2 Å². The maximum atomic E-state index is 11.9. The molecule has 174 valence electrons. The number of carbonyl (C=O) groups is 2. The van der Waals surface area contributed by atoms with E-state index < -0.39 is 11.9 Å². The lowest BCUT2D eigenvalue weighted by Crippen LogP contribution is -2.07. The Kier molecular flexibility index (Phi) is 14.7. The first-order valence-electron chi connectivity index (χ1n) is 11.4. The molecule has 0 saturated carbocycles. The Morgan fingerprint density at radius 3 is 1.87 bits per heavy atom. The highest BCUT2D eigenvalue weighted by molar-refractivity contribution is 5.92. The van der Waals surface area contributed by atoms with E-state index in [-0.39, 0.29) is 0 Å². The molecule has 6 heteroatoms. The van der Waals surface area contributed by atoms with Gasteiger partial charge >= 0.3 is 11.9 Å². The Bertz CT molecular complexity index is 668. The number of unbranched alkanes of at least 4 members (excludes halogenated alkanes) is 10. The van der Waals surface area contributed by atoms with Crippen molar-refractivity contribution in [3.63, 3.8) is 0 Å². The van der Waals surface area contributed by atoms with Crippen LogP contribution in [0.4, 0.5) is 0 Å². The minimum atomic E-state index is -0.668. The standard InChI is InChI=1S/C25H38O6/c1-4-5-6-7-8-9-10-11-12-13-14-19-30-24(26)17-18-25(27)31-21-15-16-22(28-2)23(20-21)29-3/h15-18,20H,4-14,19H2,1-3H3/b18-17+. The van der Waals surface area contributed by atoms with Gasteiger partial charge in [-0.1, -0.05) is 71.1 Å². The highest BCUT2D eigenvalue weighted by Gasteiger charge is 2.08. The SMILES string of the molecule is CCCCCCCCCCCCCOC(=O)/C=C/C(=O)Oc1ccc(OC)c(OC)c1. The summed E-state index contributed by atoms with van der Waals surface area (Å²) in [4.78, 5) is 23.6. The van der Waals surface area contributed by atoms with Gasteiger partial charge < -0.3 is 18.9 Å². The number of esters is 2. The molecule has 0 aliphatic carbocycles. The Hall–Kier alpha value is -2.50. The van der Waals surface area contributed by atoms with Gasteiger partial charge in [0.25, 0.3) is 0 Å².